The molecular weight excluding hydrogens is 192 g/mol. The van der Waals surface area contributed by atoms with E-state index in [0.29, 0.717) is 0 Å². The molecule has 80 valence electrons. The summed E-state index contributed by atoms with van der Waals surface area (Å²) in [6, 6.07) is 13.9. The molecule has 0 fully saturated rings. The third-order valence-corrected chi connectivity index (χ3v) is 3.47. The van der Waals surface area contributed by atoms with E-state index in [9.17, 15) is 0 Å². The molecule has 0 radical (unpaired) electrons. The van der Waals surface area contributed by atoms with E-state index in [2.05, 4.69) is 0 Å². The quantitative estimate of drug-likeness (QED) is 0.609. The van der Waals surface area contributed by atoms with E-state index in [1.54, 1.807) is 0 Å². The maximum atomic E-state index is 7.99. The molecule has 0 nitrogen and oxygen atoms in total. The van der Waals surface area contributed by atoms with Crippen LogP contribution in [0.15, 0.2) is 42.5 Å². The third-order valence-electron chi connectivity index (χ3n) is 3.47. The topological polar surface area (TPSA) is 0 Å². The summed E-state index contributed by atoms with van der Waals surface area (Å²) >= 11 is 0. The van der Waals surface area contributed by atoms with Gasteiger partial charge in [0.1, 0.15) is 0 Å². The summed E-state index contributed by atoms with van der Waals surface area (Å²) in [5.74, 6) is 0. The molecule has 0 saturated heterocycles. The summed E-state index contributed by atoms with van der Waals surface area (Å²) in [6.07, 6.45) is 0. The molecule has 0 spiro atoms. The molecule has 1 aliphatic rings. The molecule has 1 atom stereocenters. The maximum Gasteiger partial charge on any atom is 0.0243 e. The first-order valence-electron chi connectivity index (χ1n) is 7.07. The van der Waals surface area contributed by atoms with Gasteiger partial charge in [0.2, 0.25) is 0 Å². The highest BCUT2D eigenvalue weighted by molar-refractivity contribution is 5.80. The Kier molecular flexibility index (Phi) is 1.28. The lowest BCUT2D eigenvalue weighted by molar-refractivity contribution is 0.660. The lowest BCUT2D eigenvalue weighted by Crippen LogP contribution is -2.14. The van der Waals surface area contributed by atoms with E-state index in [-0.39, 0.29) is 0 Å². The van der Waals surface area contributed by atoms with Crippen molar-refractivity contribution >= 4 is 0 Å². The van der Waals surface area contributed by atoms with Gasteiger partial charge in [-0.25, -0.2) is 0 Å². The lowest BCUT2D eigenvalue weighted by Gasteiger charge is -2.21. The summed E-state index contributed by atoms with van der Waals surface area (Å²) < 4.78 is 24.0. The van der Waals surface area contributed by atoms with Crippen LogP contribution in [0.2, 0.25) is 0 Å². The number of benzene rings is 2. The van der Waals surface area contributed by atoms with Crippen molar-refractivity contribution in [3.63, 3.8) is 0 Å². The molecule has 0 heterocycles. The highest BCUT2D eigenvalue weighted by atomic mass is 14.4. The summed E-state index contributed by atoms with van der Waals surface area (Å²) in [4.78, 5) is 0. The van der Waals surface area contributed by atoms with Gasteiger partial charge in [0.25, 0.3) is 0 Å². The van der Waals surface area contributed by atoms with E-state index >= 15 is 0 Å². The minimum atomic E-state index is -2.05. The number of rotatable bonds is 0. The summed E-state index contributed by atoms with van der Waals surface area (Å²) in [6.45, 7) is 1.79. The van der Waals surface area contributed by atoms with Crippen LogP contribution < -0.4 is 0 Å². The molecule has 0 bridgehead atoms. The number of hydrogen-bond acceptors (Lipinski definition) is 0. The van der Waals surface area contributed by atoms with Crippen LogP contribution in [0.25, 0.3) is 11.1 Å². The van der Waals surface area contributed by atoms with Crippen LogP contribution in [0.5, 0.6) is 0 Å². The molecule has 0 amide bonds. The van der Waals surface area contributed by atoms with E-state index in [1.165, 1.54) is 0 Å². The van der Waals surface area contributed by atoms with E-state index in [4.69, 9.17) is 4.11 Å². The summed E-state index contributed by atoms with van der Waals surface area (Å²) in [7, 11) is 0. The molecule has 0 N–H and O–H groups in total. The molecule has 2 aromatic rings. The van der Waals surface area contributed by atoms with Crippen LogP contribution in [0.3, 0.4) is 0 Å². The zero-order valence-electron chi connectivity index (χ0n) is 12.5. The molecule has 1 aliphatic carbocycles. The highest BCUT2D eigenvalue weighted by Crippen LogP contribution is 2.48. The molecule has 0 aromatic heterocycles. The van der Waals surface area contributed by atoms with Gasteiger partial charge in [0, 0.05) is 9.53 Å². The van der Waals surface area contributed by atoms with Crippen LogP contribution in [0.4, 0.5) is 0 Å². The van der Waals surface area contributed by atoms with Crippen LogP contribution in [0.1, 0.15) is 34.6 Å². The minimum absolute atomic E-state index is 0.912. The molecule has 2 aromatic carbocycles. The van der Waals surface area contributed by atoms with E-state index < -0.39 is 12.3 Å². The fourth-order valence-electron chi connectivity index (χ4n) is 2.61. The zero-order valence-corrected chi connectivity index (χ0v) is 9.54. The first-order valence-corrected chi connectivity index (χ1v) is 5.57. The fourth-order valence-corrected chi connectivity index (χ4v) is 2.61. The summed E-state index contributed by atoms with van der Waals surface area (Å²) in [5, 5.41) is 0. The number of fused-ring (bicyclic) bond motifs is 3. The van der Waals surface area contributed by atoms with Crippen molar-refractivity contribution in [2.45, 2.75) is 26.1 Å². The Bertz CT molecular complexity index is 655. The average molecular weight is 211 g/mol. The maximum absolute atomic E-state index is 7.99. The van der Waals surface area contributed by atoms with Crippen molar-refractivity contribution in [1.82, 2.24) is 0 Å². The largest absolute Gasteiger partial charge is 0.0619 e. The summed E-state index contributed by atoms with van der Waals surface area (Å²) in [5.41, 5.74) is 4.13. The van der Waals surface area contributed by atoms with Crippen molar-refractivity contribution in [1.29, 1.82) is 0 Å². The smallest absolute Gasteiger partial charge is 0.0243 e. The molecule has 3 rings (SSSR count). The normalized spacial score (nSPS) is 25.2. The predicted molar refractivity (Wildman–Crippen MR) is 68.7 cm³/mol. The standard InChI is InChI=1S/C16H16/c1-11-8-9-13-12-6-4-5-7-14(12)16(2,3)15(13)10-11/h4-10H,1-3H3/i2D3. The van der Waals surface area contributed by atoms with E-state index in [1.807, 2.05) is 56.3 Å². The Morgan fingerprint density at radius 3 is 2.56 bits per heavy atom. The van der Waals surface area contributed by atoms with Gasteiger partial charge in [-0.1, -0.05) is 61.8 Å². The van der Waals surface area contributed by atoms with Gasteiger partial charge in [0.15, 0.2) is 0 Å². The second kappa shape index (κ2) is 2.98. The molecular formula is C16H16. The van der Waals surface area contributed by atoms with Gasteiger partial charge in [-0.05, 0) is 29.2 Å². The SMILES string of the molecule is [2H]C([2H])([2H])C1(C)c2ccccc2-c2ccc(C)cc21. The first-order chi connectivity index (χ1) is 8.85. The van der Waals surface area contributed by atoms with Gasteiger partial charge < -0.3 is 0 Å². The minimum Gasteiger partial charge on any atom is -0.0619 e. The Hall–Kier alpha value is -1.56. The Morgan fingerprint density at radius 2 is 1.75 bits per heavy atom. The van der Waals surface area contributed by atoms with Gasteiger partial charge in [-0.3, -0.25) is 0 Å². The van der Waals surface area contributed by atoms with Gasteiger partial charge in [-0.2, -0.15) is 0 Å². The molecule has 1 unspecified atom stereocenters. The average Bonchev–Trinajstić information content (AvgIpc) is 2.61. The van der Waals surface area contributed by atoms with Crippen molar-refractivity contribution in [3.05, 3.63) is 59.2 Å². The van der Waals surface area contributed by atoms with Crippen molar-refractivity contribution in [2.24, 2.45) is 0 Å². The number of hydrogen-bond donors (Lipinski definition) is 0. The second-order valence-electron chi connectivity index (χ2n) is 4.72. The molecule has 0 saturated carbocycles. The van der Waals surface area contributed by atoms with E-state index in [0.717, 1.165) is 27.8 Å². The van der Waals surface area contributed by atoms with Crippen molar-refractivity contribution < 1.29 is 4.11 Å². The Balaban J connectivity index is 2.42. The lowest BCUT2D eigenvalue weighted by atomic mass is 9.82. The van der Waals surface area contributed by atoms with Gasteiger partial charge in [0.05, 0.1) is 0 Å². The molecule has 0 heteroatoms. The first kappa shape index (κ1) is 6.90. The fraction of sp³-hybridized carbons (Fsp3) is 0.250. The van der Waals surface area contributed by atoms with Crippen molar-refractivity contribution in [2.75, 3.05) is 0 Å². The Labute approximate surface area is 101 Å². The molecule has 16 heavy (non-hydrogen) atoms. The van der Waals surface area contributed by atoms with Gasteiger partial charge in [-0.15, -0.1) is 0 Å². The number of aryl methyl sites for hydroxylation is 1. The monoisotopic (exact) mass is 211 g/mol. The van der Waals surface area contributed by atoms with Crippen molar-refractivity contribution in [3.8, 4) is 11.1 Å². The highest BCUT2D eigenvalue weighted by Gasteiger charge is 2.34. The second-order valence-corrected chi connectivity index (χ2v) is 4.72. The van der Waals surface area contributed by atoms with Crippen LogP contribution in [-0.4, -0.2) is 0 Å². The van der Waals surface area contributed by atoms with Gasteiger partial charge >= 0.3 is 0 Å². The van der Waals surface area contributed by atoms with Crippen LogP contribution in [-0.2, 0) is 5.41 Å². The molecule has 0 aliphatic heterocycles. The predicted octanol–water partition coefficient (Wildman–Crippen LogP) is 4.30. The zero-order chi connectivity index (χ0) is 13.8. The van der Waals surface area contributed by atoms with Crippen LogP contribution >= 0.6 is 0 Å². The third kappa shape index (κ3) is 1.10. The van der Waals surface area contributed by atoms with Crippen LogP contribution in [0, 0.1) is 6.92 Å². The Morgan fingerprint density at radius 1 is 1.00 bits per heavy atom.